The highest BCUT2D eigenvalue weighted by molar-refractivity contribution is 7.98. The minimum atomic E-state index is -0.000864. The number of rotatable bonds is 6. The van der Waals surface area contributed by atoms with Crippen LogP contribution in [0.2, 0.25) is 5.02 Å². The highest BCUT2D eigenvalue weighted by atomic mass is 35.5. The Kier molecular flexibility index (Phi) is 6.31. The number of nitrogens with two attached hydrogens (primary N) is 1. The first-order valence-electron chi connectivity index (χ1n) is 7.11. The van der Waals surface area contributed by atoms with E-state index in [4.69, 9.17) is 11.6 Å². The number of amides is 1. The second kappa shape index (κ2) is 8.22. The van der Waals surface area contributed by atoms with Gasteiger partial charge in [0.25, 0.3) is 5.91 Å². The lowest BCUT2D eigenvalue weighted by Gasteiger charge is -2.11. The lowest BCUT2D eigenvalue weighted by atomic mass is 10.1. The van der Waals surface area contributed by atoms with E-state index in [0.717, 1.165) is 21.2 Å². The molecule has 0 radical (unpaired) electrons. The van der Waals surface area contributed by atoms with Crippen molar-refractivity contribution in [3.8, 4) is 0 Å². The average Bonchev–Trinajstić information content (AvgIpc) is 2.53. The third-order valence-corrected chi connectivity index (χ3v) is 4.38. The molecule has 1 amide bonds. The molecule has 5 heteroatoms. The minimum Gasteiger partial charge on any atom is -0.333 e. The predicted molar refractivity (Wildman–Crippen MR) is 93.5 cm³/mol. The zero-order chi connectivity index (χ0) is 15.9. The average molecular weight is 336 g/mol. The highest BCUT2D eigenvalue weighted by Gasteiger charge is 2.11. The Morgan fingerprint density at radius 1 is 1.27 bits per heavy atom. The van der Waals surface area contributed by atoms with Crippen molar-refractivity contribution in [3.05, 3.63) is 59.1 Å². The molecule has 116 valence electrons. The van der Waals surface area contributed by atoms with Crippen LogP contribution >= 0.6 is 23.4 Å². The molecule has 0 saturated carbocycles. The van der Waals surface area contributed by atoms with Gasteiger partial charge in [0.1, 0.15) is 6.04 Å². The van der Waals surface area contributed by atoms with Crippen LogP contribution < -0.4 is 10.6 Å². The Morgan fingerprint density at radius 2 is 2.00 bits per heavy atom. The molecule has 0 bridgehead atoms. The summed E-state index contributed by atoms with van der Waals surface area (Å²) < 4.78 is 0. The minimum absolute atomic E-state index is 0.000864. The van der Waals surface area contributed by atoms with Gasteiger partial charge in [0.05, 0.1) is 0 Å². The van der Waals surface area contributed by atoms with Gasteiger partial charge in [0, 0.05) is 21.2 Å². The maximum atomic E-state index is 12.0. The van der Waals surface area contributed by atoms with Crippen LogP contribution in [0.1, 0.15) is 18.5 Å². The smallest absolute Gasteiger partial charge is 0.279 e. The van der Waals surface area contributed by atoms with E-state index in [9.17, 15) is 4.79 Å². The lowest BCUT2D eigenvalue weighted by Crippen LogP contribution is -2.86. The van der Waals surface area contributed by atoms with Crippen molar-refractivity contribution in [1.29, 1.82) is 0 Å². The van der Waals surface area contributed by atoms with Crippen LogP contribution in [0.3, 0.4) is 0 Å². The predicted octanol–water partition coefficient (Wildman–Crippen LogP) is 3.33. The molecular formula is C17H20ClN2OS+. The molecule has 22 heavy (non-hydrogen) atoms. The summed E-state index contributed by atoms with van der Waals surface area (Å²) in [6, 6.07) is 15.8. The molecule has 0 aliphatic heterocycles. The number of halogens is 1. The Morgan fingerprint density at radius 3 is 2.68 bits per heavy atom. The first-order chi connectivity index (χ1) is 10.6. The van der Waals surface area contributed by atoms with Crippen LogP contribution in [-0.4, -0.2) is 18.7 Å². The summed E-state index contributed by atoms with van der Waals surface area (Å²) in [5.74, 6) is -0.000864. The molecule has 3 nitrogen and oxygen atoms in total. The molecule has 0 aliphatic rings. The fourth-order valence-electron chi connectivity index (χ4n) is 2.10. The topological polar surface area (TPSA) is 45.7 Å². The quantitative estimate of drug-likeness (QED) is 0.795. The molecule has 0 fully saturated rings. The van der Waals surface area contributed by atoms with E-state index in [2.05, 4.69) is 12.2 Å². The molecule has 2 aromatic carbocycles. The third-order valence-electron chi connectivity index (χ3n) is 3.41. The van der Waals surface area contributed by atoms with Gasteiger partial charge < -0.3 is 10.6 Å². The number of hydrogen-bond acceptors (Lipinski definition) is 2. The van der Waals surface area contributed by atoms with Crippen molar-refractivity contribution < 1.29 is 10.1 Å². The summed E-state index contributed by atoms with van der Waals surface area (Å²) in [6.45, 7) is 2.46. The normalized spacial score (nSPS) is 12.0. The van der Waals surface area contributed by atoms with Gasteiger partial charge in [-0.25, -0.2) is 0 Å². The van der Waals surface area contributed by atoms with Crippen LogP contribution in [0.25, 0.3) is 0 Å². The number of carbonyl (C=O) groups excluding carboxylic acids is 1. The van der Waals surface area contributed by atoms with Crippen LogP contribution in [-0.2, 0) is 4.79 Å². The van der Waals surface area contributed by atoms with E-state index in [-0.39, 0.29) is 11.9 Å². The monoisotopic (exact) mass is 335 g/mol. The zero-order valence-corrected chi connectivity index (χ0v) is 14.2. The van der Waals surface area contributed by atoms with Gasteiger partial charge >= 0.3 is 0 Å². The van der Waals surface area contributed by atoms with Crippen molar-refractivity contribution in [2.75, 3.05) is 18.1 Å². The van der Waals surface area contributed by atoms with Crippen LogP contribution in [0.5, 0.6) is 0 Å². The summed E-state index contributed by atoms with van der Waals surface area (Å²) in [4.78, 5) is 13.2. The molecular weight excluding hydrogens is 316 g/mol. The number of benzene rings is 2. The second-order valence-corrected chi connectivity index (χ2v) is 6.38. The van der Waals surface area contributed by atoms with E-state index in [0.29, 0.717) is 6.54 Å². The molecule has 0 heterocycles. The summed E-state index contributed by atoms with van der Waals surface area (Å²) in [5.41, 5.74) is 1.99. The van der Waals surface area contributed by atoms with E-state index >= 15 is 0 Å². The van der Waals surface area contributed by atoms with Gasteiger partial charge in [0.2, 0.25) is 0 Å². The second-order valence-electron chi connectivity index (χ2n) is 5.06. The maximum Gasteiger partial charge on any atom is 0.279 e. The number of carbonyl (C=O) groups is 1. The van der Waals surface area contributed by atoms with Gasteiger partial charge in [-0.1, -0.05) is 29.8 Å². The van der Waals surface area contributed by atoms with Crippen molar-refractivity contribution in [1.82, 2.24) is 0 Å². The first kappa shape index (κ1) is 16.9. The number of thioether (sulfide) groups is 1. The summed E-state index contributed by atoms with van der Waals surface area (Å²) in [6.07, 6.45) is 2.02. The molecule has 2 aromatic rings. The number of quaternary nitrogens is 1. The first-order valence-corrected chi connectivity index (χ1v) is 8.71. The Labute approximate surface area is 140 Å². The Bertz CT molecular complexity index is 631. The third kappa shape index (κ3) is 5.05. The number of anilines is 1. The van der Waals surface area contributed by atoms with Crippen molar-refractivity contribution in [2.24, 2.45) is 0 Å². The van der Waals surface area contributed by atoms with Crippen LogP contribution in [0, 0.1) is 0 Å². The van der Waals surface area contributed by atoms with Gasteiger partial charge in [-0.2, -0.15) is 0 Å². The van der Waals surface area contributed by atoms with Gasteiger partial charge in [-0.3, -0.25) is 4.79 Å². The van der Waals surface area contributed by atoms with E-state index in [1.807, 2.05) is 60.1 Å². The van der Waals surface area contributed by atoms with Crippen molar-refractivity contribution >= 4 is 35.0 Å². The maximum absolute atomic E-state index is 12.0. The highest BCUT2D eigenvalue weighted by Crippen LogP contribution is 2.18. The Hall–Kier alpha value is -1.49. The summed E-state index contributed by atoms with van der Waals surface area (Å²) >= 11 is 7.54. The van der Waals surface area contributed by atoms with Crippen molar-refractivity contribution in [2.45, 2.75) is 17.9 Å². The fourth-order valence-corrected chi connectivity index (χ4v) is 2.68. The molecule has 0 saturated heterocycles. The van der Waals surface area contributed by atoms with Gasteiger partial charge in [-0.15, -0.1) is 11.8 Å². The standard InChI is InChI=1S/C17H19ClN2OS/c1-12(13-6-8-14(18)9-7-13)19-11-17(21)20-15-4-3-5-16(10-15)22-2/h3-10,12,19H,11H2,1-2H3,(H,20,21)/p+1/t12-/m1/s1. The molecule has 0 unspecified atom stereocenters. The largest absolute Gasteiger partial charge is 0.333 e. The SMILES string of the molecule is CSc1cccc(NC(=O)C[NH2+][C@H](C)c2ccc(Cl)cc2)c1. The Balaban J connectivity index is 1.85. The van der Waals surface area contributed by atoms with Crippen LogP contribution in [0.4, 0.5) is 5.69 Å². The summed E-state index contributed by atoms with van der Waals surface area (Å²) in [5, 5.41) is 5.66. The fraction of sp³-hybridized carbons (Fsp3) is 0.235. The summed E-state index contributed by atoms with van der Waals surface area (Å²) in [7, 11) is 0. The van der Waals surface area contributed by atoms with E-state index in [1.54, 1.807) is 11.8 Å². The molecule has 3 N–H and O–H groups in total. The zero-order valence-electron chi connectivity index (χ0n) is 12.7. The van der Waals surface area contributed by atoms with Crippen LogP contribution in [0.15, 0.2) is 53.4 Å². The number of nitrogens with one attached hydrogen (secondary N) is 1. The molecule has 2 rings (SSSR count). The molecule has 0 aromatic heterocycles. The number of hydrogen-bond donors (Lipinski definition) is 2. The van der Waals surface area contributed by atoms with E-state index < -0.39 is 0 Å². The van der Waals surface area contributed by atoms with Gasteiger partial charge in [-0.05, 0) is 43.5 Å². The molecule has 1 atom stereocenters. The molecule has 0 aliphatic carbocycles. The van der Waals surface area contributed by atoms with E-state index in [1.165, 1.54) is 0 Å². The lowest BCUT2D eigenvalue weighted by molar-refractivity contribution is -0.682. The molecule has 0 spiro atoms. The van der Waals surface area contributed by atoms with Gasteiger partial charge in [0.15, 0.2) is 6.54 Å². The van der Waals surface area contributed by atoms with Crippen molar-refractivity contribution in [3.63, 3.8) is 0 Å².